The van der Waals surface area contributed by atoms with E-state index in [9.17, 15) is 34.5 Å². The minimum Gasteiger partial charge on any atom is -0.479 e. The van der Waals surface area contributed by atoms with Crippen LogP contribution in [0.25, 0.3) is 0 Å². The third kappa shape index (κ3) is 42.5. The molecule has 1 saturated heterocycles. The maximum absolute atomic E-state index is 13.2. The highest BCUT2D eigenvalue weighted by Crippen LogP contribution is 2.26. The van der Waals surface area contributed by atoms with Crippen molar-refractivity contribution in [3.05, 3.63) is 85.1 Å². The van der Waals surface area contributed by atoms with Gasteiger partial charge >= 0.3 is 23.9 Å². The third-order valence-electron chi connectivity index (χ3n) is 13.5. The molecule has 1 fully saturated rings. The Morgan fingerprint density at radius 1 is 0.442 bits per heavy atom. The van der Waals surface area contributed by atoms with Crippen LogP contribution in [-0.2, 0) is 42.9 Å². The van der Waals surface area contributed by atoms with Gasteiger partial charge in [0.1, 0.15) is 18.8 Å². The number of ether oxygens (including phenoxy) is 5. The maximum atomic E-state index is 13.2. The fraction of sp³-hybridized carbons (Fsp3) is 0.723. The summed E-state index contributed by atoms with van der Waals surface area (Å²) in [4.78, 5) is 51.2. The van der Waals surface area contributed by atoms with Crippen LogP contribution in [0, 0.1) is 0 Å². The standard InChI is InChI=1S/C65H108O12/c1-4-7-10-13-16-19-22-24-26-28-29-31-32-34-37-39-42-45-48-51-57(66)73-54-56(75-58(67)52-49-46-43-41-38-35-33-30-27-25-23-20-17-14-11-8-5-2)55-74-65-63(61(70)60(69)62(77-65)64(71)72)76-59(68)53-50-47-44-40-36-21-18-15-12-9-6-3/h7-8,10-11,16-17,19-20,24-27,29,31,56,60-63,65,69-70H,4-6,9,12-15,18,21-23,28,30,32-55H2,1-3H3,(H,71,72)/b10-7-,11-8-,19-16-,20-17-,26-24-,27-25-,31-29-. The average Bonchev–Trinajstić information content (AvgIpc) is 3.42. The molecule has 0 amide bonds. The highest BCUT2D eigenvalue weighted by molar-refractivity contribution is 5.74. The van der Waals surface area contributed by atoms with Gasteiger partial charge < -0.3 is 39.0 Å². The molecule has 6 unspecified atom stereocenters. The molecule has 0 bridgehead atoms. The normalized spacial score (nSPS) is 18.6. The van der Waals surface area contributed by atoms with E-state index >= 15 is 0 Å². The van der Waals surface area contributed by atoms with Crippen molar-refractivity contribution in [2.45, 2.75) is 289 Å². The first-order valence-corrected chi connectivity index (χ1v) is 30.6. The Hall–Kier alpha value is -4.10. The van der Waals surface area contributed by atoms with Gasteiger partial charge in [-0.25, -0.2) is 4.79 Å². The number of rotatable bonds is 51. The quantitative estimate of drug-likeness (QED) is 0.0228. The van der Waals surface area contributed by atoms with Gasteiger partial charge in [0, 0.05) is 19.3 Å². The molecule has 1 rings (SSSR count). The van der Waals surface area contributed by atoms with E-state index in [1.165, 1.54) is 38.5 Å². The van der Waals surface area contributed by atoms with Gasteiger partial charge in [0.25, 0.3) is 0 Å². The summed E-state index contributed by atoms with van der Waals surface area (Å²) in [5.74, 6) is -3.15. The van der Waals surface area contributed by atoms with Crippen molar-refractivity contribution in [1.29, 1.82) is 0 Å². The lowest BCUT2D eigenvalue weighted by Gasteiger charge is -2.40. The lowest BCUT2D eigenvalue weighted by atomic mass is 9.98. The van der Waals surface area contributed by atoms with E-state index in [1.54, 1.807) is 0 Å². The SMILES string of the molecule is CC/C=C\C/C=C\C/C=C\C/C=C\CCCCCCCCC(=O)OCC(COC1OC(C(=O)O)C(O)C(O)C1OC(=O)CCCCCCCCCCCCC)OC(=O)CCCCCCCCC/C=C\C/C=C\C/C=C\CC. The molecule has 0 aliphatic carbocycles. The fourth-order valence-corrected chi connectivity index (χ4v) is 8.84. The predicted octanol–water partition coefficient (Wildman–Crippen LogP) is 15.9. The molecule has 1 aliphatic heterocycles. The molecule has 0 aromatic carbocycles. The Kier molecular flexibility index (Phi) is 48.4. The Bertz CT molecular complexity index is 1660. The van der Waals surface area contributed by atoms with Crippen molar-refractivity contribution in [1.82, 2.24) is 0 Å². The smallest absolute Gasteiger partial charge is 0.335 e. The Morgan fingerprint density at radius 2 is 0.818 bits per heavy atom. The number of aliphatic carboxylic acids is 1. The van der Waals surface area contributed by atoms with Gasteiger partial charge in [0.15, 0.2) is 24.6 Å². The van der Waals surface area contributed by atoms with Gasteiger partial charge in [0.2, 0.25) is 0 Å². The molecule has 0 spiro atoms. The van der Waals surface area contributed by atoms with Gasteiger partial charge in [-0.05, 0) is 89.9 Å². The Balaban J connectivity index is 2.68. The van der Waals surface area contributed by atoms with Crippen LogP contribution in [0.4, 0.5) is 0 Å². The lowest BCUT2D eigenvalue weighted by molar-refractivity contribution is -0.301. The number of carbonyl (C=O) groups excluding carboxylic acids is 3. The number of carboxylic acids is 1. The molecule has 77 heavy (non-hydrogen) atoms. The van der Waals surface area contributed by atoms with Gasteiger partial charge in [-0.15, -0.1) is 0 Å². The molecule has 1 aliphatic rings. The summed E-state index contributed by atoms with van der Waals surface area (Å²) >= 11 is 0. The van der Waals surface area contributed by atoms with Crippen LogP contribution in [0.5, 0.6) is 0 Å². The van der Waals surface area contributed by atoms with Crippen LogP contribution in [-0.4, -0.2) is 89.2 Å². The zero-order valence-electron chi connectivity index (χ0n) is 48.4. The first kappa shape index (κ1) is 70.9. The van der Waals surface area contributed by atoms with Crippen molar-refractivity contribution in [3.8, 4) is 0 Å². The second kappa shape index (κ2) is 52.6. The molecule has 0 aromatic heterocycles. The van der Waals surface area contributed by atoms with Crippen LogP contribution >= 0.6 is 0 Å². The van der Waals surface area contributed by atoms with E-state index in [-0.39, 0.29) is 25.9 Å². The van der Waals surface area contributed by atoms with Crippen molar-refractivity contribution in [3.63, 3.8) is 0 Å². The van der Waals surface area contributed by atoms with Gasteiger partial charge in [-0.3, -0.25) is 14.4 Å². The highest BCUT2D eigenvalue weighted by Gasteiger charge is 2.50. The van der Waals surface area contributed by atoms with Gasteiger partial charge in [0.05, 0.1) is 6.61 Å². The van der Waals surface area contributed by atoms with E-state index < -0.39 is 67.3 Å². The molecule has 0 aromatic rings. The lowest BCUT2D eigenvalue weighted by Crippen LogP contribution is -2.61. The molecule has 0 radical (unpaired) electrons. The minimum absolute atomic E-state index is 0.0576. The monoisotopic (exact) mass is 1080 g/mol. The minimum atomic E-state index is -1.91. The summed E-state index contributed by atoms with van der Waals surface area (Å²) in [6.07, 6.45) is 55.5. The molecule has 3 N–H and O–H groups in total. The summed E-state index contributed by atoms with van der Waals surface area (Å²) in [7, 11) is 0. The van der Waals surface area contributed by atoms with E-state index in [2.05, 4.69) is 106 Å². The zero-order valence-corrected chi connectivity index (χ0v) is 48.4. The van der Waals surface area contributed by atoms with Crippen LogP contribution in [0.15, 0.2) is 85.1 Å². The second-order valence-electron chi connectivity index (χ2n) is 20.6. The summed E-state index contributed by atoms with van der Waals surface area (Å²) in [5.41, 5.74) is 0. The zero-order chi connectivity index (χ0) is 56.1. The maximum Gasteiger partial charge on any atom is 0.335 e. The number of aliphatic hydroxyl groups excluding tert-OH is 2. The van der Waals surface area contributed by atoms with E-state index in [4.69, 9.17) is 23.7 Å². The number of allylic oxidation sites excluding steroid dienone is 14. The number of hydrogen-bond acceptors (Lipinski definition) is 11. The number of unbranched alkanes of at least 4 members (excludes halogenated alkanes) is 23. The number of carbonyl (C=O) groups is 4. The molecular formula is C65H108O12. The van der Waals surface area contributed by atoms with E-state index in [0.717, 1.165) is 154 Å². The molecule has 6 atom stereocenters. The van der Waals surface area contributed by atoms with Crippen LogP contribution in [0.3, 0.4) is 0 Å². The average molecular weight is 1080 g/mol. The molecular weight excluding hydrogens is 973 g/mol. The first-order valence-electron chi connectivity index (χ1n) is 30.6. The number of aliphatic hydroxyl groups is 2. The number of esters is 3. The highest BCUT2D eigenvalue weighted by atomic mass is 16.7. The van der Waals surface area contributed by atoms with Crippen LogP contribution < -0.4 is 0 Å². The van der Waals surface area contributed by atoms with Crippen LogP contribution in [0.2, 0.25) is 0 Å². The molecule has 12 heteroatoms. The predicted molar refractivity (Wildman–Crippen MR) is 312 cm³/mol. The van der Waals surface area contributed by atoms with Crippen LogP contribution in [0.1, 0.15) is 252 Å². The first-order chi connectivity index (χ1) is 37.6. The Labute approximate surface area is 467 Å². The summed E-state index contributed by atoms with van der Waals surface area (Å²) in [6.45, 7) is 5.74. The largest absolute Gasteiger partial charge is 0.479 e. The summed E-state index contributed by atoms with van der Waals surface area (Å²) in [5, 5.41) is 31.5. The topological polar surface area (TPSA) is 175 Å². The van der Waals surface area contributed by atoms with Crippen molar-refractivity contribution < 1.29 is 58.2 Å². The van der Waals surface area contributed by atoms with Gasteiger partial charge in [-0.2, -0.15) is 0 Å². The van der Waals surface area contributed by atoms with Gasteiger partial charge in [-0.1, -0.05) is 228 Å². The molecule has 0 saturated carbocycles. The molecule has 440 valence electrons. The van der Waals surface area contributed by atoms with E-state index in [1.807, 2.05) is 0 Å². The fourth-order valence-electron chi connectivity index (χ4n) is 8.84. The van der Waals surface area contributed by atoms with Crippen molar-refractivity contribution in [2.24, 2.45) is 0 Å². The molecule has 12 nitrogen and oxygen atoms in total. The number of carboxylic acid groups (broad SMARTS) is 1. The summed E-state index contributed by atoms with van der Waals surface area (Å²) < 4.78 is 28.4. The summed E-state index contributed by atoms with van der Waals surface area (Å²) in [6, 6.07) is 0. The molecule has 1 heterocycles. The van der Waals surface area contributed by atoms with Crippen molar-refractivity contribution >= 4 is 23.9 Å². The third-order valence-corrected chi connectivity index (χ3v) is 13.5. The van der Waals surface area contributed by atoms with Crippen molar-refractivity contribution in [2.75, 3.05) is 13.2 Å². The Morgan fingerprint density at radius 3 is 1.25 bits per heavy atom. The number of hydrogen-bond donors (Lipinski definition) is 3. The van der Waals surface area contributed by atoms with E-state index in [0.29, 0.717) is 19.3 Å². The second-order valence-corrected chi connectivity index (χ2v) is 20.6.